The monoisotopic (exact) mass is 253 g/mol. The van der Waals surface area contributed by atoms with Crippen LogP contribution in [0.2, 0.25) is 0 Å². The van der Waals surface area contributed by atoms with Gasteiger partial charge in [0.2, 0.25) is 0 Å². The van der Waals surface area contributed by atoms with Gasteiger partial charge in [-0.3, -0.25) is 9.97 Å². The highest BCUT2D eigenvalue weighted by atomic mass is 19.1. The number of nitrogens with one attached hydrogen (secondary N) is 1. The number of pyridine rings is 2. The van der Waals surface area contributed by atoms with E-state index in [1.165, 1.54) is 12.1 Å². The third-order valence-electron chi connectivity index (χ3n) is 3.04. The summed E-state index contributed by atoms with van der Waals surface area (Å²) in [6, 6.07) is 6.32. The third kappa shape index (κ3) is 1.52. The molecule has 19 heavy (non-hydrogen) atoms. The van der Waals surface area contributed by atoms with E-state index in [0.717, 1.165) is 16.8 Å². The predicted molar refractivity (Wildman–Crippen MR) is 69.3 cm³/mol. The third-order valence-corrected chi connectivity index (χ3v) is 3.04. The van der Waals surface area contributed by atoms with Crippen molar-refractivity contribution in [2.45, 2.75) is 0 Å². The molecule has 3 heterocycles. The molecule has 1 aliphatic heterocycles. The second kappa shape index (κ2) is 3.65. The van der Waals surface area contributed by atoms with E-state index in [1.807, 2.05) is 6.07 Å². The van der Waals surface area contributed by atoms with Gasteiger partial charge < -0.3 is 10.1 Å². The zero-order valence-electron chi connectivity index (χ0n) is 9.72. The van der Waals surface area contributed by atoms with Crippen LogP contribution in [0.3, 0.4) is 0 Å². The number of nitrogens with zero attached hydrogens (tertiary/aromatic N) is 2. The highest BCUT2D eigenvalue weighted by Crippen LogP contribution is 2.42. The molecule has 0 saturated heterocycles. The first-order valence-corrected chi connectivity index (χ1v) is 5.78. The molecule has 0 unspecified atom stereocenters. The zero-order chi connectivity index (χ0) is 12.8. The molecule has 1 N–H and O–H groups in total. The van der Waals surface area contributed by atoms with E-state index in [-0.39, 0.29) is 5.82 Å². The number of halogens is 1. The SMILES string of the molecule is Fc1cc2c3c(ccnc3c1)Nc1cnccc1O2. The minimum absolute atomic E-state index is 0.371. The maximum absolute atomic E-state index is 13.6. The molecule has 4 rings (SSSR count). The van der Waals surface area contributed by atoms with Gasteiger partial charge >= 0.3 is 0 Å². The van der Waals surface area contributed by atoms with E-state index < -0.39 is 0 Å². The Labute approximate surface area is 107 Å². The fourth-order valence-corrected chi connectivity index (χ4v) is 2.23. The van der Waals surface area contributed by atoms with Gasteiger partial charge in [0.05, 0.1) is 22.8 Å². The smallest absolute Gasteiger partial charge is 0.154 e. The standard InChI is InChI=1S/C14H8FN3O/c15-8-5-10-14-9(1-4-17-10)18-11-7-16-3-2-12(11)19-13(14)6-8/h1-7,18H. The molecule has 1 aliphatic rings. The summed E-state index contributed by atoms with van der Waals surface area (Å²) in [4.78, 5) is 8.23. The molecule has 0 fully saturated rings. The lowest BCUT2D eigenvalue weighted by atomic mass is 10.1. The molecule has 0 saturated carbocycles. The fraction of sp³-hybridized carbons (Fsp3) is 0. The molecule has 0 bridgehead atoms. The molecule has 5 heteroatoms. The van der Waals surface area contributed by atoms with Crippen LogP contribution < -0.4 is 10.1 Å². The molecule has 0 aliphatic carbocycles. The van der Waals surface area contributed by atoms with Gasteiger partial charge in [-0.2, -0.15) is 0 Å². The molecule has 92 valence electrons. The van der Waals surface area contributed by atoms with Crippen LogP contribution in [-0.4, -0.2) is 9.97 Å². The lowest BCUT2D eigenvalue weighted by Crippen LogP contribution is -1.91. The Bertz CT molecular complexity index is 804. The number of ether oxygens (including phenoxy) is 1. The van der Waals surface area contributed by atoms with Crippen LogP contribution in [-0.2, 0) is 0 Å². The summed E-state index contributed by atoms with van der Waals surface area (Å²) < 4.78 is 19.4. The van der Waals surface area contributed by atoms with Crippen LogP contribution >= 0.6 is 0 Å². The molecule has 2 aromatic heterocycles. The first-order chi connectivity index (χ1) is 9.31. The van der Waals surface area contributed by atoms with E-state index in [1.54, 1.807) is 24.7 Å². The van der Waals surface area contributed by atoms with Gasteiger partial charge in [0.15, 0.2) is 5.75 Å². The number of fused-ring (bicyclic) bond motifs is 1. The largest absolute Gasteiger partial charge is 0.454 e. The minimum atomic E-state index is -0.371. The zero-order valence-corrected chi connectivity index (χ0v) is 9.72. The Morgan fingerprint density at radius 1 is 1.05 bits per heavy atom. The maximum Gasteiger partial charge on any atom is 0.154 e. The summed E-state index contributed by atoms with van der Waals surface area (Å²) in [7, 11) is 0. The number of hydrogen-bond donors (Lipinski definition) is 1. The molecular formula is C14H8FN3O. The summed E-state index contributed by atoms with van der Waals surface area (Å²) in [5.41, 5.74) is 2.12. The van der Waals surface area contributed by atoms with Gasteiger partial charge in [0, 0.05) is 30.6 Å². The van der Waals surface area contributed by atoms with Crippen molar-refractivity contribution in [2.24, 2.45) is 0 Å². The Hall–Kier alpha value is -2.69. The first kappa shape index (κ1) is 10.3. The van der Waals surface area contributed by atoms with Crippen LogP contribution in [0.15, 0.2) is 42.9 Å². The summed E-state index contributed by atoms with van der Waals surface area (Å²) >= 11 is 0. The van der Waals surface area contributed by atoms with Gasteiger partial charge in [-0.1, -0.05) is 0 Å². The predicted octanol–water partition coefficient (Wildman–Crippen LogP) is 3.62. The average molecular weight is 253 g/mol. The number of rotatable bonds is 0. The highest BCUT2D eigenvalue weighted by molar-refractivity contribution is 5.99. The molecule has 0 amide bonds. The minimum Gasteiger partial charge on any atom is -0.454 e. The number of hydrogen-bond acceptors (Lipinski definition) is 4. The Kier molecular flexibility index (Phi) is 1.97. The van der Waals surface area contributed by atoms with Crippen LogP contribution in [0.25, 0.3) is 10.9 Å². The van der Waals surface area contributed by atoms with Crippen molar-refractivity contribution in [3.8, 4) is 11.5 Å². The van der Waals surface area contributed by atoms with Crippen molar-refractivity contribution < 1.29 is 9.13 Å². The lowest BCUT2D eigenvalue weighted by Gasteiger charge is -2.07. The normalized spacial score (nSPS) is 12.3. The maximum atomic E-state index is 13.6. The van der Waals surface area contributed by atoms with Crippen molar-refractivity contribution in [3.63, 3.8) is 0 Å². The average Bonchev–Trinajstić information content (AvgIpc) is 2.55. The summed E-state index contributed by atoms with van der Waals surface area (Å²) in [6.07, 6.45) is 4.93. The van der Waals surface area contributed by atoms with Crippen molar-refractivity contribution in [1.29, 1.82) is 0 Å². The van der Waals surface area contributed by atoms with Gasteiger partial charge in [-0.25, -0.2) is 4.39 Å². The molecule has 0 spiro atoms. The fourth-order valence-electron chi connectivity index (χ4n) is 2.23. The second-order valence-electron chi connectivity index (χ2n) is 4.26. The summed E-state index contributed by atoms with van der Waals surface area (Å²) in [5, 5.41) is 4.00. The number of anilines is 2. The lowest BCUT2D eigenvalue weighted by molar-refractivity contribution is 0.485. The van der Waals surface area contributed by atoms with Crippen molar-refractivity contribution in [3.05, 3.63) is 48.7 Å². The van der Waals surface area contributed by atoms with E-state index in [4.69, 9.17) is 4.74 Å². The highest BCUT2D eigenvalue weighted by Gasteiger charge is 2.18. The Morgan fingerprint density at radius 2 is 2.00 bits per heavy atom. The number of aromatic nitrogens is 2. The van der Waals surface area contributed by atoms with E-state index in [2.05, 4.69) is 15.3 Å². The Morgan fingerprint density at radius 3 is 2.95 bits per heavy atom. The van der Waals surface area contributed by atoms with Crippen molar-refractivity contribution in [2.75, 3.05) is 5.32 Å². The summed E-state index contributed by atoms with van der Waals surface area (Å²) in [5.74, 6) is 0.693. The van der Waals surface area contributed by atoms with Crippen molar-refractivity contribution in [1.82, 2.24) is 9.97 Å². The van der Waals surface area contributed by atoms with Gasteiger partial charge in [0.1, 0.15) is 17.3 Å². The van der Waals surface area contributed by atoms with Gasteiger partial charge in [-0.15, -0.1) is 0 Å². The molecule has 4 nitrogen and oxygen atoms in total. The van der Waals surface area contributed by atoms with Gasteiger partial charge in [0.25, 0.3) is 0 Å². The van der Waals surface area contributed by atoms with Crippen molar-refractivity contribution >= 4 is 22.3 Å². The molecule has 0 radical (unpaired) electrons. The molecule has 0 atom stereocenters. The Balaban J connectivity index is 2.09. The molecular weight excluding hydrogens is 245 g/mol. The van der Waals surface area contributed by atoms with E-state index >= 15 is 0 Å². The number of benzene rings is 1. The quantitative estimate of drug-likeness (QED) is 0.520. The second-order valence-corrected chi connectivity index (χ2v) is 4.26. The van der Waals surface area contributed by atoms with Crippen LogP contribution in [0, 0.1) is 5.82 Å². The topological polar surface area (TPSA) is 47.0 Å². The first-order valence-electron chi connectivity index (χ1n) is 5.78. The molecule has 1 aromatic carbocycles. The summed E-state index contributed by atoms with van der Waals surface area (Å²) in [6.45, 7) is 0. The van der Waals surface area contributed by atoms with Gasteiger partial charge in [-0.05, 0) is 6.07 Å². The molecule has 3 aromatic rings. The van der Waals surface area contributed by atoms with Crippen LogP contribution in [0.4, 0.5) is 15.8 Å². The van der Waals surface area contributed by atoms with E-state index in [9.17, 15) is 4.39 Å². The van der Waals surface area contributed by atoms with Crippen LogP contribution in [0.5, 0.6) is 11.5 Å². The van der Waals surface area contributed by atoms with E-state index in [0.29, 0.717) is 17.0 Å². The van der Waals surface area contributed by atoms with Crippen LogP contribution in [0.1, 0.15) is 0 Å².